The van der Waals surface area contributed by atoms with E-state index in [2.05, 4.69) is 12.2 Å². The van der Waals surface area contributed by atoms with Crippen molar-refractivity contribution in [3.63, 3.8) is 0 Å². The molecule has 4 heteroatoms. The minimum atomic E-state index is 0.0189. The highest BCUT2D eigenvalue weighted by Crippen LogP contribution is 2.21. The average Bonchev–Trinajstić information content (AvgIpc) is 2.44. The molecule has 0 aliphatic carbocycles. The van der Waals surface area contributed by atoms with Gasteiger partial charge in [-0.15, -0.1) is 0 Å². The Bertz CT molecular complexity index is 168. The molecule has 15 heavy (non-hydrogen) atoms. The molecule has 0 aromatic heterocycles. The van der Waals surface area contributed by atoms with Gasteiger partial charge >= 0.3 is 0 Å². The fourth-order valence-corrected chi connectivity index (χ4v) is 2.20. The van der Waals surface area contributed by atoms with Crippen LogP contribution >= 0.6 is 0 Å². The number of hydrogen-bond acceptors (Lipinski definition) is 4. The number of ether oxygens (including phenoxy) is 1. The first-order chi connectivity index (χ1) is 7.22. The largest absolute Gasteiger partial charge is 0.396 e. The van der Waals surface area contributed by atoms with E-state index in [1.54, 1.807) is 0 Å². The van der Waals surface area contributed by atoms with E-state index >= 15 is 0 Å². The Morgan fingerprint density at radius 3 is 2.93 bits per heavy atom. The molecular weight excluding hydrogens is 192 g/mol. The van der Waals surface area contributed by atoms with E-state index in [9.17, 15) is 0 Å². The summed E-state index contributed by atoms with van der Waals surface area (Å²) in [6, 6.07) is 0.316. The highest BCUT2D eigenvalue weighted by molar-refractivity contribution is 4.92. The standard InChI is InChI=1S/C11H24N2O2/c1-10(3-6-14)13-11(9-12)4-2-7-15-8-5-11/h10,13-14H,2-9,12H2,1H3. The van der Waals surface area contributed by atoms with E-state index in [1.807, 2.05) is 0 Å². The monoisotopic (exact) mass is 216 g/mol. The lowest BCUT2D eigenvalue weighted by molar-refractivity contribution is 0.134. The number of nitrogens with two attached hydrogens (primary N) is 1. The molecule has 2 unspecified atom stereocenters. The molecular formula is C11H24N2O2. The van der Waals surface area contributed by atoms with Crippen molar-refractivity contribution in [1.82, 2.24) is 5.32 Å². The van der Waals surface area contributed by atoms with Crippen molar-refractivity contribution in [2.45, 2.75) is 44.2 Å². The molecule has 1 aliphatic heterocycles. The zero-order chi connectivity index (χ0) is 11.1. The van der Waals surface area contributed by atoms with Gasteiger partial charge in [-0.2, -0.15) is 0 Å². The summed E-state index contributed by atoms with van der Waals surface area (Å²) in [6.45, 7) is 4.60. The van der Waals surface area contributed by atoms with E-state index in [4.69, 9.17) is 15.6 Å². The molecule has 0 spiro atoms. The van der Waals surface area contributed by atoms with Crippen LogP contribution in [0, 0.1) is 0 Å². The van der Waals surface area contributed by atoms with Crippen molar-refractivity contribution in [1.29, 1.82) is 0 Å². The third-order valence-electron chi connectivity index (χ3n) is 3.17. The summed E-state index contributed by atoms with van der Waals surface area (Å²) in [6.07, 6.45) is 3.89. The van der Waals surface area contributed by atoms with Crippen LogP contribution in [0.25, 0.3) is 0 Å². The highest BCUT2D eigenvalue weighted by atomic mass is 16.5. The SMILES string of the molecule is CC(CCO)NC1(CN)CCCOCC1. The highest BCUT2D eigenvalue weighted by Gasteiger charge is 2.30. The molecule has 0 aromatic rings. The second kappa shape index (κ2) is 6.43. The maximum atomic E-state index is 8.88. The molecule has 1 fully saturated rings. The van der Waals surface area contributed by atoms with Crippen LogP contribution in [0.5, 0.6) is 0 Å². The van der Waals surface area contributed by atoms with Crippen molar-refractivity contribution < 1.29 is 9.84 Å². The third-order valence-corrected chi connectivity index (χ3v) is 3.17. The van der Waals surface area contributed by atoms with Crippen LogP contribution < -0.4 is 11.1 Å². The lowest BCUT2D eigenvalue weighted by Gasteiger charge is -2.35. The molecule has 4 nitrogen and oxygen atoms in total. The van der Waals surface area contributed by atoms with Crippen molar-refractivity contribution in [3.8, 4) is 0 Å². The molecule has 2 atom stereocenters. The normalized spacial score (nSPS) is 29.8. The maximum Gasteiger partial charge on any atom is 0.0484 e. The number of rotatable bonds is 5. The molecule has 1 aliphatic rings. The first-order valence-electron chi connectivity index (χ1n) is 5.89. The molecule has 0 bridgehead atoms. The Morgan fingerprint density at radius 2 is 2.27 bits per heavy atom. The van der Waals surface area contributed by atoms with Gasteiger partial charge in [-0.05, 0) is 32.6 Å². The first kappa shape index (κ1) is 12.9. The molecule has 1 rings (SSSR count). The Balaban J connectivity index is 2.49. The van der Waals surface area contributed by atoms with Crippen LogP contribution in [0.15, 0.2) is 0 Å². The van der Waals surface area contributed by atoms with Gasteiger partial charge in [0.15, 0.2) is 0 Å². The van der Waals surface area contributed by atoms with Gasteiger partial charge in [0.05, 0.1) is 0 Å². The average molecular weight is 216 g/mol. The fourth-order valence-electron chi connectivity index (χ4n) is 2.20. The predicted molar refractivity (Wildman–Crippen MR) is 60.8 cm³/mol. The molecule has 0 saturated carbocycles. The van der Waals surface area contributed by atoms with Crippen LogP contribution in [-0.4, -0.2) is 43.1 Å². The predicted octanol–water partition coefficient (Wildman–Crippen LogP) is 0.245. The van der Waals surface area contributed by atoms with E-state index < -0.39 is 0 Å². The van der Waals surface area contributed by atoms with Crippen molar-refractivity contribution in [2.75, 3.05) is 26.4 Å². The minimum Gasteiger partial charge on any atom is -0.396 e. The first-order valence-corrected chi connectivity index (χ1v) is 5.89. The van der Waals surface area contributed by atoms with E-state index in [0.29, 0.717) is 12.6 Å². The van der Waals surface area contributed by atoms with Gasteiger partial charge in [0.2, 0.25) is 0 Å². The van der Waals surface area contributed by atoms with Crippen LogP contribution in [0.2, 0.25) is 0 Å². The summed E-state index contributed by atoms with van der Waals surface area (Å²) in [7, 11) is 0. The molecule has 0 amide bonds. The second-order valence-electron chi connectivity index (χ2n) is 4.51. The molecule has 0 aromatic carbocycles. The number of hydrogen-bond donors (Lipinski definition) is 3. The molecule has 90 valence electrons. The second-order valence-corrected chi connectivity index (χ2v) is 4.51. The van der Waals surface area contributed by atoms with Crippen LogP contribution in [0.1, 0.15) is 32.6 Å². The number of aliphatic hydroxyl groups excluding tert-OH is 1. The Morgan fingerprint density at radius 1 is 1.47 bits per heavy atom. The third kappa shape index (κ3) is 4.07. The summed E-state index contributed by atoms with van der Waals surface area (Å²) in [4.78, 5) is 0. The molecule has 0 radical (unpaired) electrons. The Hall–Kier alpha value is -0.160. The van der Waals surface area contributed by atoms with E-state index in [-0.39, 0.29) is 12.1 Å². The van der Waals surface area contributed by atoms with Gasteiger partial charge in [0.1, 0.15) is 0 Å². The fraction of sp³-hybridized carbons (Fsp3) is 1.00. The summed E-state index contributed by atoms with van der Waals surface area (Å²) in [5, 5.41) is 12.4. The van der Waals surface area contributed by atoms with Gasteiger partial charge < -0.3 is 20.9 Å². The minimum absolute atomic E-state index is 0.0189. The summed E-state index contributed by atoms with van der Waals surface area (Å²) < 4.78 is 5.45. The molecule has 4 N–H and O–H groups in total. The van der Waals surface area contributed by atoms with Gasteiger partial charge in [-0.3, -0.25) is 0 Å². The Kier molecular flexibility index (Phi) is 5.53. The number of aliphatic hydroxyl groups is 1. The van der Waals surface area contributed by atoms with Gasteiger partial charge in [-0.1, -0.05) is 0 Å². The van der Waals surface area contributed by atoms with Gasteiger partial charge in [0.25, 0.3) is 0 Å². The lowest BCUT2D eigenvalue weighted by Crippen LogP contribution is -2.54. The lowest BCUT2D eigenvalue weighted by atomic mass is 9.89. The zero-order valence-corrected chi connectivity index (χ0v) is 9.67. The number of nitrogens with one attached hydrogen (secondary N) is 1. The van der Waals surface area contributed by atoms with Crippen LogP contribution in [0.3, 0.4) is 0 Å². The van der Waals surface area contributed by atoms with E-state index in [0.717, 1.165) is 38.9 Å². The van der Waals surface area contributed by atoms with E-state index in [1.165, 1.54) is 0 Å². The van der Waals surface area contributed by atoms with Crippen LogP contribution in [0.4, 0.5) is 0 Å². The quantitative estimate of drug-likeness (QED) is 0.616. The van der Waals surface area contributed by atoms with Crippen molar-refractivity contribution in [3.05, 3.63) is 0 Å². The summed E-state index contributed by atoms with van der Waals surface area (Å²) in [5.74, 6) is 0. The van der Waals surface area contributed by atoms with Gasteiger partial charge in [-0.25, -0.2) is 0 Å². The smallest absolute Gasteiger partial charge is 0.0484 e. The maximum absolute atomic E-state index is 8.88. The summed E-state index contributed by atoms with van der Waals surface area (Å²) >= 11 is 0. The van der Waals surface area contributed by atoms with Gasteiger partial charge in [0, 0.05) is 37.9 Å². The molecule has 1 heterocycles. The summed E-state index contributed by atoms with van der Waals surface area (Å²) in [5.41, 5.74) is 5.89. The molecule has 1 saturated heterocycles. The van der Waals surface area contributed by atoms with Crippen LogP contribution in [-0.2, 0) is 4.74 Å². The Labute approximate surface area is 92.2 Å². The van der Waals surface area contributed by atoms with Crippen molar-refractivity contribution >= 4 is 0 Å². The topological polar surface area (TPSA) is 67.5 Å². The van der Waals surface area contributed by atoms with Crippen molar-refractivity contribution in [2.24, 2.45) is 5.73 Å². The zero-order valence-electron chi connectivity index (χ0n) is 9.67.